The van der Waals surface area contributed by atoms with E-state index in [0.717, 1.165) is 11.3 Å². The van der Waals surface area contributed by atoms with Gasteiger partial charge >= 0.3 is 0 Å². The van der Waals surface area contributed by atoms with E-state index < -0.39 is 0 Å². The van der Waals surface area contributed by atoms with E-state index in [4.69, 9.17) is 33.7 Å². The highest BCUT2D eigenvalue weighted by Gasteiger charge is 2.22. The Morgan fingerprint density at radius 1 is 1.25 bits per heavy atom. The lowest BCUT2D eigenvalue weighted by molar-refractivity contribution is 0.401. The fourth-order valence-electron chi connectivity index (χ4n) is 2.08. The molecule has 1 unspecified atom stereocenters. The predicted molar refractivity (Wildman–Crippen MR) is 81.7 cm³/mol. The molecule has 0 radical (unpaired) electrons. The summed E-state index contributed by atoms with van der Waals surface area (Å²) in [6.07, 6.45) is 1.67. The molecule has 2 rings (SSSR count). The molecule has 4 nitrogen and oxygen atoms in total. The number of hydrogen-bond acceptors (Lipinski definition) is 3. The normalized spacial score (nSPS) is 12.8. The Morgan fingerprint density at radius 2 is 1.95 bits per heavy atom. The lowest BCUT2D eigenvalue weighted by atomic mass is 10.0. The Balaban J connectivity index is 2.49. The molecule has 0 saturated heterocycles. The van der Waals surface area contributed by atoms with Gasteiger partial charge in [-0.2, -0.15) is 5.10 Å². The van der Waals surface area contributed by atoms with Gasteiger partial charge in [0.2, 0.25) is 0 Å². The molecule has 1 heterocycles. The summed E-state index contributed by atoms with van der Waals surface area (Å²) in [5, 5.41) is 5.31. The number of halogens is 2. The van der Waals surface area contributed by atoms with Gasteiger partial charge in [0.05, 0.1) is 29.4 Å². The lowest BCUT2D eigenvalue weighted by Crippen LogP contribution is -2.19. The van der Waals surface area contributed by atoms with Crippen molar-refractivity contribution in [1.82, 2.24) is 9.78 Å². The zero-order valence-electron chi connectivity index (χ0n) is 11.6. The molecule has 0 aliphatic carbocycles. The standard InChI is InChI=1S/C14H17Cl2N3O/c1-8(2)19-14(12(20-3)7-18-19)13(17)9-4-5-10(15)11(16)6-9/h4-8,13H,17H2,1-3H3. The molecule has 1 aromatic carbocycles. The molecule has 108 valence electrons. The van der Waals surface area contributed by atoms with Gasteiger partial charge in [0.25, 0.3) is 0 Å². The van der Waals surface area contributed by atoms with E-state index in [1.807, 2.05) is 24.6 Å². The summed E-state index contributed by atoms with van der Waals surface area (Å²) in [5.74, 6) is 0.664. The molecule has 0 bridgehead atoms. The summed E-state index contributed by atoms with van der Waals surface area (Å²) in [7, 11) is 1.60. The number of nitrogens with two attached hydrogens (primary N) is 1. The second-order valence-corrected chi connectivity index (χ2v) is 5.60. The van der Waals surface area contributed by atoms with E-state index in [9.17, 15) is 0 Å². The van der Waals surface area contributed by atoms with Crippen LogP contribution in [0.1, 0.15) is 37.2 Å². The fourth-order valence-corrected chi connectivity index (χ4v) is 2.39. The van der Waals surface area contributed by atoms with Crippen molar-refractivity contribution in [3.63, 3.8) is 0 Å². The molecule has 0 saturated carbocycles. The highest BCUT2D eigenvalue weighted by atomic mass is 35.5. The highest BCUT2D eigenvalue weighted by molar-refractivity contribution is 6.42. The summed E-state index contributed by atoms with van der Waals surface area (Å²) < 4.78 is 7.20. The summed E-state index contributed by atoms with van der Waals surface area (Å²) in [6.45, 7) is 4.08. The lowest BCUT2D eigenvalue weighted by Gasteiger charge is -2.18. The summed E-state index contributed by atoms with van der Waals surface area (Å²) >= 11 is 12.0. The monoisotopic (exact) mass is 313 g/mol. The molecular weight excluding hydrogens is 297 g/mol. The molecular formula is C14H17Cl2N3O. The molecule has 0 aliphatic heterocycles. The third-order valence-corrected chi connectivity index (χ3v) is 3.84. The third-order valence-electron chi connectivity index (χ3n) is 3.11. The molecule has 0 spiro atoms. The van der Waals surface area contributed by atoms with Crippen molar-refractivity contribution in [2.24, 2.45) is 5.73 Å². The largest absolute Gasteiger partial charge is 0.493 e. The van der Waals surface area contributed by atoms with Crippen LogP contribution >= 0.6 is 23.2 Å². The fraction of sp³-hybridized carbons (Fsp3) is 0.357. The minimum Gasteiger partial charge on any atom is -0.493 e. The van der Waals surface area contributed by atoms with Gasteiger partial charge in [0.1, 0.15) is 5.69 Å². The molecule has 0 amide bonds. The van der Waals surface area contributed by atoms with Gasteiger partial charge in [-0.05, 0) is 31.5 Å². The maximum atomic E-state index is 6.35. The maximum Gasteiger partial charge on any atom is 0.161 e. The SMILES string of the molecule is COc1cnn(C(C)C)c1C(N)c1ccc(Cl)c(Cl)c1. The first-order valence-electron chi connectivity index (χ1n) is 6.27. The number of nitrogens with zero attached hydrogens (tertiary/aromatic N) is 2. The number of rotatable bonds is 4. The van der Waals surface area contributed by atoms with Crippen molar-refractivity contribution < 1.29 is 4.74 Å². The summed E-state index contributed by atoms with van der Waals surface area (Å²) in [4.78, 5) is 0. The van der Waals surface area contributed by atoms with Crippen LogP contribution in [0.15, 0.2) is 24.4 Å². The Bertz CT molecular complexity index is 610. The molecule has 2 N–H and O–H groups in total. The van der Waals surface area contributed by atoms with Crippen molar-refractivity contribution in [2.45, 2.75) is 25.9 Å². The van der Waals surface area contributed by atoms with Crippen LogP contribution in [0.5, 0.6) is 5.75 Å². The van der Waals surface area contributed by atoms with Crippen LogP contribution in [0, 0.1) is 0 Å². The van der Waals surface area contributed by atoms with Gasteiger partial charge in [0.15, 0.2) is 5.75 Å². The number of aromatic nitrogens is 2. The highest BCUT2D eigenvalue weighted by Crippen LogP contribution is 2.32. The Hall–Kier alpha value is -1.23. The van der Waals surface area contributed by atoms with E-state index in [-0.39, 0.29) is 12.1 Å². The molecule has 0 fully saturated rings. The van der Waals surface area contributed by atoms with Gasteiger partial charge in [-0.25, -0.2) is 0 Å². The molecule has 1 atom stereocenters. The Kier molecular flexibility index (Phi) is 4.58. The topological polar surface area (TPSA) is 53.1 Å². The first kappa shape index (κ1) is 15.2. The van der Waals surface area contributed by atoms with Gasteiger partial charge in [-0.15, -0.1) is 0 Å². The van der Waals surface area contributed by atoms with Crippen molar-refractivity contribution in [3.05, 3.63) is 45.7 Å². The average molecular weight is 314 g/mol. The summed E-state index contributed by atoms with van der Waals surface area (Å²) in [5.41, 5.74) is 8.03. The number of methoxy groups -OCH3 is 1. The Labute approximate surface area is 128 Å². The number of ether oxygens (including phenoxy) is 1. The summed E-state index contributed by atoms with van der Waals surface area (Å²) in [6, 6.07) is 5.16. The Morgan fingerprint density at radius 3 is 2.50 bits per heavy atom. The van der Waals surface area contributed by atoms with Gasteiger partial charge in [-0.1, -0.05) is 29.3 Å². The van der Waals surface area contributed by atoms with Crippen LogP contribution in [0.2, 0.25) is 10.0 Å². The third kappa shape index (κ3) is 2.77. The van der Waals surface area contributed by atoms with Gasteiger partial charge in [0, 0.05) is 6.04 Å². The van der Waals surface area contributed by atoms with Gasteiger partial charge in [-0.3, -0.25) is 4.68 Å². The number of hydrogen-bond donors (Lipinski definition) is 1. The van der Waals surface area contributed by atoms with Crippen LogP contribution in [-0.2, 0) is 0 Å². The minimum absolute atomic E-state index is 0.183. The van der Waals surface area contributed by atoms with Crippen LogP contribution in [0.4, 0.5) is 0 Å². The van der Waals surface area contributed by atoms with E-state index in [1.54, 1.807) is 25.4 Å². The molecule has 0 aliphatic rings. The quantitative estimate of drug-likeness (QED) is 0.933. The zero-order valence-corrected chi connectivity index (χ0v) is 13.1. The van der Waals surface area contributed by atoms with Gasteiger partial charge < -0.3 is 10.5 Å². The van der Waals surface area contributed by atoms with E-state index >= 15 is 0 Å². The minimum atomic E-state index is -0.385. The van der Waals surface area contributed by atoms with Crippen molar-refractivity contribution in [1.29, 1.82) is 0 Å². The first-order valence-corrected chi connectivity index (χ1v) is 7.03. The van der Waals surface area contributed by atoms with E-state index in [1.165, 1.54) is 0 Å². The maximum absolute atomic E-state index is 6.35. The van der Waals surface area contributed by atoms with Crippen LogP contribution in [0.3, 0.4) is 0 Å². The van der Waals surface area contributed by atoms with Crippen LogP contribution in [-0.4, -0.2) is 16.9 Å². The van der Waals surface area contributed by atoms with E-state index in [0.29, 0.717) is 15.8 Å². The second kappa shape index (κ2) is 6.04. The predicted octanol–water partition coefficient (Wildman–Crippen LogP) is 3.83. The van der Waals surface area contributed by atoms with Crippen molar-refractivity contribution in [2.75, 3.05) is 7.11 Å². The second-order valence-electron chi connectivity index (χ2n) is 4.79. The van der Waals surface area contributed by atoms with Crippen molar-refractivity contribution >= 4 is 23.2 Å². The molecule has 2 aromatic rings. The first-order chi connectivity index (χ1) is 9.45. The molecule has 20 heavy (non-hydrogen) atoms. The average Bonchev–Trinajstić information content (AvgIpc) is 2.85. The number of benzene rings is 1. The molecule has 6 heteroatoms. The van der Waals surface area contributed by atoms with Crippen LogP contribution < -0.4 is 10.5 Å². The van der Waals surface area contributed by atoms with E-state index in [2.05, 4.69) is 5.10 Å². The van der Waals surface area contributed by atoms with Crippen molar-refractivity contribution in [3.8, 4) is 5.75 Å². The zero-order chi connectivity index (χ0) is 14.9. The van der Waals surface area contributed by atoms with Crippen LogP contribution in [0.25, 0.3) is 0 Å². The smallest absolute Gasteiger partial charge is 0.161 e. The molecule has 1 aromatic heterocycles.